The van der Waals surface area contributed by atoms with Gasteiger partial charge in [-0.05, 0) is 66.2 Å². The Bertz CT molecular complexity index is 743. The van der Waals surface area contributed by atoms with Crippen molar-refractivity contribution in [3.63, 3.8) is 0 Å². The fourth-order valence-corrected chi connectivity index (χ4v) is 7.35. The minimum atomic E-state index is -0.391. The Kier molecular flexibility index (Phi) is 4.47. The van der Waals surface area contributed by atoms with Gasteiger partial charge in [-0.1, -0.05) is 31.1 Å². The van der Waals surface area contributed by atoms with Crippen LogP contribution >= 0.6 is 0 Å². The minimum absolute atomic E-state index is 0.00376. The highest BCUT2D eigenvalue weighted by Gasteiger charge is 2.63. The third-order valence-electron chi connectivity index (χ3n) is 8.54. The van der Waals surface area contributed by atoms with Crippen molar-refractivity contribution in [2.75, 3.05) is 6.54 Å². The maximum Gasteiger partial charge on any atom is 0.142 e. The van der Waals surface area contributed by atoms with Crippen LogP contribution in [0.5, 0.6) is 0 Å². The molecule has 0 saturated heterocycles. The number of rotatable bonds is 3. The number of aliphatic hydroxyl groups is 1. The molecule has 0 aliphatic heterocycles. The first kappa shape index (κ1) is 18.7. The Balaban J connectivity index is 1.65. The van der Waals surface area contributed by atoms with Crippen LogP contribution in [0.15, 0.2) is 17.3 Å². The van der Waals surface area contributed by atoms with E-state index in [0.717, 1.165) is 32.1 Å². The second-order valence-electron chi connectivity index (χ2n) is 9.68. The smallest absolute Gasteiger partial charge is 0.142 e. The molecule has 4 aliphatic rings. The number of carbonyl (C=O) groups excluding carboxylic acids is 2. The number of aliphatic hydroxyl groups excluding tert-OH is 1. The molecule has 0 unspecified atom stereocenters. The summed E-state index contributed by atoms with van der Waals surface area (Å²) in [6, 6.07) is 0. The number of ketones is 2. The summed E-state index contributed by atoms with van der Waals surface area (Å²) in [6.07, 6.45) is 8.62. The number of nitrogens with zero attached hydrogens (tertiary/aromatic N) is 3. The maximum absolute atomic E-state index is 13.4. The molecule has 8 atom stereocenters. The van der Waals surface area contributed by atoms with E-state index in [2.05, 4.69) is 29.9 Å². The van der Waals surface area contributed by atoms with Gasteiger partial charge in [-0.3, -0.25) is 9.59 Å². The Morgan fingerprint density at radius 1 is 1.33 bits per heavy atom. The van der Waals surface area contributed by atoms with Crippen LogP contribution in [0.3, 0.4) is 0 Å². The quantitative estimate of drug-likeness (QED) is 0.353. The molecule has 146 valence electrons. The van der Waals surface area contributed by atoms with E-state index in [4.69, 9.17) is 5.53 Å². The topological polar surface area (TPSA) is 103 Å². The van der Waals surface area contributed by atoms with Crippen LogP contribution in [0.1, 0.15) is 52.4 Å². The molecule has 6 nitrogen and oxygen atoms in total. The first-order valence-corrected chi connectivity index (χ1v) is 10.2. The molecule has 0 aromatic carbocycles. The average molecular weight is 371 g/mol. The summed E-state index contributed by atoms with van der Waals surface area (Å²) in [7, 11) is 0. The number of fused-ring (bicyclic) bond motifs is 5. The highest BCUT2D eigenvalue weighted by atomic mass is 16.3. The number of Topliss-reactive ketones (excluding diaryl/α,β-unsaturated/α-hetero) is 2. The summed E-state index contributed by atoms with van der Waals surface area (Å²) >= 11 is 0. The van der Waals surface area contributed by atoms with Gasteiger partial charge in [-0.25, -0.2) is 0 Å². The monoisotopic (exact) mass is 371 g/mol. The van der Waals surface area contributed by atoms with Crippen LogP contribution in [0, 0.1) is 40.4 Å². The second-order valence-corrected chi connectivity index (χ2v) is 9.68. The fourth-order valence-electron chi connectivity index (χ4n) is 7.35. The Hall–Kier alpha value is -1.65. The number of allylic oxidation sites excluding steroid dienone is 1. The lowest BCUT2D eigenvalue weighted by Gasteiger charge is -2.58. The highest BCUT2D eigenvalue weighted by molar-refractivity contribution is 5.88. The van der Waals surface area contributed by atoms with Gasteiger partial charge in [0.05, 0.1) is 12.6 Å². The van der Waals surface area contributed by atoms with Gasteiger partial charge in [-0.15, -0.1) is 0 Å². The predicted octanol–water partition coefficient (Wildman–Crippen LogP) is 3.84. The minimum Gasteiger partial charge on any atom is -0.389 e. The van der Waals surface area contributed by atoms with Crippen molar-refractivity contribution in [1.29, 1.82) is 0 Å². The lowest BCUT2D eigenvalue weighted by Crippen LogP contribution is -2.57. The van der Waals surface area contributed by atoms with Gasteiger partial charge in [0.2, 0.25) is 0 Å². The Morgan fingerprint density at radius 2 is 2.11 bits per heavy atom. The molecule has 4 aliphatic carbocycles. The number of azide groups is 1. The third kappa shape index (κ3) is 2.68. The fraction of sp³-hybridized carbons (Fsp3) is 0.810. The first-order valence-electron chi connectivity index (χ1n) is 10.2. The van der Waals surface area contributed by atoms with Crippen molar-refractivity contribution in [2.45, 2.75) is 58.5 Å². The number of carbonyl (C=O) groups is 2. The number of hydrogen-bond acceptors (Lipinski definition) is 4. The average Bonchev–Trinajstić information content (AvgIpc) is 2.96. The van der Waals surface area contributed by atoms with Crippen molar-refractivity contribution in [1.82, 2.24) is 0 Å². The molecule has 0 spiro atoms. The molecule has 4 rings (SSSR count). The van der Waals surface area contributed by atoms with E-state index in [-0.39, 0.29) is 40.8 Å². The molecule has 0 amide bonds. The van der Waals surface area contributed by atoms with E-state index < -0.39 is 6.10 Å². The lowest BCUT2D eigenvalue weighted by atomic mass is 9.45. The highest BCUT2D eigenvalue weighted by Crippen LogP contribution is 2.65. The third-order valence-corrected chi connectivity index (χ3v) is 8.54. The lowest BCUT2D eigenvalue weighted by molar-refractivity contribution is -0.152. The first-order chi connectivity index (χ1) is 12.8. The summed E-state index contributed by atoms with van der Waals surface area (Å²) in [6.45, 7) is 4.22. The zero-order chi connectivity index (χ0) is 19.4. The van der Waals surface area contributed by atoms with Gasteiger partial charge >= 0.3 is 0 Å². The van der Waals surface area contributed by atoms with Gasteiger partial charge in [0, 0.05) is 23.2 Å². The van der Waals surface area contributed by atoms with E-state index in [1.807, 2.05) is 6.08 Å². The standard InChI is InChI=1S/C21H29N3O3/c1-20-8-7-13(25)9-12(20)3-4-14-15-5-6-16(18(27)11-23-24-22)21(15,2)10-17(26)19(14)20/h7-8,12-16,19,25H,3-6,9-11H2,1-2H3/t12-,13+,14-,15-,16+,19+,20-,21-/m0/s1. The molecule has 0 radical (unpaired) electrons. The van der Waals surface area contributed by atoms with E-state index in [9.17, 15) is 14.7 Å². The van der Waals surface area contributed by atoms with Crippen molar-refractivity contribution in [3.8, 4) is 0 Å². The summed E-state index contributed by atoms with van der Waals surface area (Å²) in [5.74, 6) is 1.15. The van der Waals surface area contributed by atoms with Crippen molar-refractivity contribution in [2.24, 2.45) is 45.5 Å². The Morgan fingerprint density at radius 3 is 2.85 bits per heavy atom. The molecule has 1 N–H and O–H groups in total. The largest absolute Gasteiger partial charge is 0.389 e. The van der Waals surface area contributed by atoms with Gasteiger partial charge in [-0.2, -0.15) is 0 Å². The van der Waals surface area contributed by atoms with E-state index in [1.54, 1.807) is 0 Å². The van der Waals surface area contributed by atoms with E-state index in [1.165, 1.54) is 0 Å². The van der Waals surface area contributed by atoms with Crippen LogP contribution in [0.25, 0.3) is 10.4 Å². The van der Waals surface area contributed by atoms with Gasteiger partial charge < -0.3 is 5.11 Å². The van der Waals surface area contributed by atoms with Crippen LogP contribution < -0.4 is 0 Å². The zero-order valence-corrected chi connectivity index (χ0v) is 16.2. The van der Waals surface area contributed by atoms with Crippen LogP contribution in [-0.4, -0.2) is 29.3 Å². The summed E-state index contributed by atoms with van der Waals surface area (Å²) in [4.78, 5) is 28.8. The molecule has 0 aromatic heterocycles. The normalized spacial score (nSPS) is 48.2. The predicted molar refractivity (Wildman–Crippen MR) is 101 cm³/mol. The second kappa shape index (κ2) is 6.46. The summed E-state index contributed by atoms with van der Waals surface area (Å²) < 4.78 is 0. The van der Waals surface area contributed by atoms with Crippen molar-refractivity contribution >= 4 is 11.6 Å². The number of hydrogen-bond donors (Lipinski definition) is 1. The molecular weight excluding hydrogens is 342 g/mol. The molecule has 6 heteroatoms. The SMILES string of the molecule is C[C@]12C=C[C@@H](O)C[C@@H]1CC[C@@H]1[C@@H]2C(=O)C[C@]2(C)[C@@H](C(=O)CN=[N+]=[N-])CC[C@@H]12. The molecule has 0 bridgehead atoms. The molecule has 3 saturated carbocycles. The van der Waals surface area contributed by atoms with Crippen molar-refractivity contribution < 1.29 is 14.7 Å². The molecule has 3 fully saturated rings. The Labute approximate surface area is 160 Å². The molecule has 0 aromatic rings. The van der Waals surface area contributed by atoms with E-state index >= 15 is 0 Å². The summed E-state index contributed by atoms with van der Waals surface area (Å²) in [5.41, 5.74) is 8.06. The summed E-state index contributed by atoms with van der Waals surface area (Å²) in [5, 5.41) is 13.5. The van der Waals surface area contributed by atoms with Crippen molar-refractivity contribution in [3.05, 3.63) is 22.6 Å². The van der Waals surface area contributed by atoms with E-state index in [0.29, 0.717) is 24.2 Å². The van der Waals surface area contributed by atoms with Crippen LogP contribution in [0.2, 0.25) is 0 Å². The van der Waals surface area contributed by atoms with Gasteiger partial charge in [0.15, 0.2) is 0 Å². The van der Waals surface area contributed by atoms with Crippen LogP contribution in [-0.2, 0) is 9.59 Å². The zero-order valence-electron chi connectivity index (χ0n) is 16.2. The molecular formula is C21H29N3O3. The van der Waals surface area contributed by atoms with Crippen LogP contribution in [0.4, 0.5) is 0 Å². The molecule has 27 heavy (non-hydrogen) atoms. The van der Waals surface area contributed by atoms with Gasteiger partial charge in [0.1, 0.15) is 11.6 Å². The maximum atomic E-state index is 13.4. The molecule has 0 heterocycles. The van der Waals surface area contributed by atoms with Gasteiger partial charge in [0.25, 0.3) is 0 Å².